The average Bonchev–Trinajstić information content (AvgIpc) is 2.77. The summed E-state index contributed by atoms with van der Waals surface area (Å²) in [4.78, 5) is 27.0. The molecule has 0 aliphatic rings. The Morgan fingerprint density at radius 2 is 1.62 bits per heavy atom. The second kappa shape index (κ2) is 11.3. The molecule has 2 N–H and O–H groups in total. The molecule has 2 atom stereocenters. The van der Waals surface area contributed by atoms with E-state index in [4.69, 9.17) is 9.47 Å². The molecule has 0 aliphatic heterocycles. The van der Waals surface area contributed by atoms with Crippen LogP contribution in [0.4, 0.5) is 0 Å². The molecule has 0 heterocycles. The third-order valence-electron chi connectivity index (χ3n) is 5.58. The van der Waals surface area contributed by atoms with Crippen molar-refractivity contribution in [1.29, 1.82) is 0 Å². The van der Waals surface area contributed by atoms with Gasteiger partial charge in [0.2, 0.25) is 11.8 Å². The van der Waals surface area contributed by atoms with E-state index in [0.29, 0.717) is 23.5 Å². The Morgan fingerprint density at radius 1 is 1.03 bits per heavy atom. The van der Waals surface area contributed by atoms with E-state index in [1.165, 1.54) is 0 Å². The summed E-state index contributed by atoms with van der Waals surface area (Å²) in [6, 6.07) is 12.3. The Labute approximate surface area is 196 Å². The molecule has 2 aromatic rings. The van der Waals surface area contributed by atoms with Gasteiger partial charge in [-0.1, -0.05) is 32.0 Å². The summed E-state index contributed by atoms with van der Waals surface area (Å²) in [7, 11) is 4.76. The minimum Gasteiger partial charge on any atom is -0.497 e. The van der Waals surface area contributed by atoms with Crippen molar-refractivity contribution in [1.82, 2.24) is 10.6 Å². The Balaban J connectivity index is 2.36. The van der Waals surface area contributed by atoms with E-state index in [2.05, 4.69) is 37.1 Å². The summed E-state index contributed by atoms with van der Waals surface area (Å²) in [5, 5.41) is 5.66. The number of amides is 2. The van der Waals surface area contributed by atoms with Crippen LogP contribution >= 0.6 is 12.6 Å². The number of ether oxygens (including phenoxy) is 2. The number of thiol groups is 1. The molecule has 2 rings (SSSR count). The van der Waals surface area contributed by atoms with Crippen LogP contribution in [0.25, 0.3) is 0 Å². The molecule has 7 heteroatoms. The fourth-order valence-corrected chi connectivity index (χ4v) is 4.39. The van der Waals surface area contributed by atoms with Crippen LogP contribution in [0.5, 0.6) is 11.5 Å². The molecule has 2 aromatic carbocycles. The number of hydrogen-bond donors (Lipinski definition) is 3. The van der Waals surface area contributed by atoms with Gasteiger partial charge in [0.05, 0.1) is 19.6 Å². The van der Waals surface area contributed by atoms with E-state index in [-0.39, 0.29) is 17.7 Å². The van der Waals surface area contributed by atoms with Crippen LogP contribution in [0, 0.1) is 5.92 Å². The van der Waals surface area contributed by atoms with Crippen LogP contribution in [0.1, 0.15) is 38.3 Å². The van der Waals surface area contributed by atoms with Crippen LogP contribution in [-0.4, -0.2) is 39.1 Å². The SMILES string of the molecule is CNC(=O)[C@H](Cc1ccc(OC)cc1)NC(=O)C(C)(CC(C)C)c1ccc(OC)cc1S. The zero-order valence-corrected chi connectivity index (χ0v) is 20.6. The van der Waals surface area contributed by atoms with Crippen molar-refractivity contribution in [3.8, 4) is 11.5 Å². The van der Waals surface area contributed by atoms with Crippen molar-refractivity contribution in [2.75, 3.05) is 21.3 Å². The molecule has 6 nitrogen and oxygen atoms in total. The van der Waals surface area contributed by atoms with Crippen molar-refractivity contribution in [2.24, 2.45) is 5.92 Å². The van der Waals surface area contributed by atoms with Gasteiger partial charge in [-0.05, 0) is 54.7 Å². The second-order valence-electron chi connectivity index (χ2n) is 8.51. The van der Waals surface area contributed by atoms with Gasteiger partial charge in [-0.3, -0.25) is 9.59 Å². The number of likely N-dealkylation sites (N-methyl/N-ethyl adjacent to an activating group) is 1. The van der Waals surface area contributed by atoms with Crippen LogP contribution in [0.15, 0.2) is 47.4 Å². The Hall–Kier alpha value is -2.67. The highest BCUT2D eigenvalue weighted by atomic mass is 32.1. The largest absolute Gasteiger partial charge is 0.497 e. The molecule has 32 heavy (non-hydrogen) atoms. The highest BCUT2D eigenvalue weighted by molar-refractivity contribution is 7.80. The van der Waals surface area contributed by atoms with Crippen molar-refractivity contribution < 1.29 is 19.1 Å². The molecule has 174 valence electrons. The minimum atomic E-state index is -0.871. The fourth-order valence-electron chi connectivity index (χ4n) is 3.94. The quantitative estimate of drug-likeness (QED) is 0.474. The van der Waals surface area contributed by atoms with Gasteiger partial charge in [0.15, 0.2) is 0 Å². The molecule has 0 aliphatic carbocycles. The van der Waals surface area contributed by atoms with Gasteiger partial charge >= 0.3 is 0 Å². The maximum Gasteiger partial charge on any atom is 0.242 e. The third kappa shape index (κ3) is 6.19. The molecular weight excluding hydrogens is 424 g/mol. The summed E-state index contributed by atoms with van der Waals surface area (Å²) >= 11 is 4.63. The maximum absolute atomic E-state index is 13.7. The average molecular weight is 459 g/mol. The number of methoxy groups -OCH3 is 2. The van der Waals surface area contributed by atoms with Crippen molar-refractivity contribution in [3.63, 3.8) is 0 Å². The molecule has 0 saturated carbocycles. The zero-order valence-electron chi connectivity index (χ0n) is 19.7. The molecule has 0 spiro atoms. The predicted molar refractivity (Wildman–Crippen MR) is 130 cm³/mol. The lowest BCUT2D eigenvalue weighted by molar-refractivity contribution is -0.132. The van der Waals surface area contributed by atoms with Gasteiger partial charge in [-0.2, -0.15) is 0 Å². The van der Waals surface area contributed by atoms with Gasteiger partial charge in [0.25, 0.3) is 0 Å². The standard InChI is InChI=1S/C25H34N2O4S/c1-16(2)15-25(3,20-12-11-19(31-6)14-22(20)32)24(29)27-21(23(28)26-4)13-17-7-9-18(30-5)10-8-17/h7-12,14,16,21,32H,13,15H2,1-6H3,(H,26,28)(H,27,29)/t21-,25?/m0/s1. The lowest BCUT2D eigenvalue weighted by Crippen LogP contribution is -2.53. The minimum absolute atomic E-state index is 0.214. The van der Waals surface area contributed by atoms with Gasteiger partial charge < -0.3 is 20.1 Å². The van der Waals surface area contributed by atoms with Crippen molar-refractivity contribution >= 4 is 24.4 Å². The molecule has 0 fully saturated rings. The van der Waals surface area contributed by atoms with E-state index in [9.17, 15) is 9.59 Å². The van der Waals surface area contributed by atoms with Crippen molar-refractivity contribution in [2.45, 2.75) is 50.0 Å². The Morgan fingerprint density at radius 3 is 2.12 bits per heavy atom. The molecule has 2 amide bonds. The number of rotatable bonds is 10. The normalized spacial score (nSPS) is 13.8. The van der Waals surface area contributed by atoms with Crippen LogP contribution in [-0.2, 0) is 21.4 Å². The molecule has 0 saturated heterocycles. The first kappa shape index (κ1) is 25.6. The molecule has 0 radical (unpaired) electrons. The van der Waals surface area contributed by atoms with Crippen LogP contribution < -0.4 is 20.1 Å². The number of benzene rings is 2. The molecule has 1 unspecified atom stereocenters. The first-order valence-corrected chi connectivity index (χ1v) is 11.1. The summed E-state index contributed by atoms with van der Waals surface area (Å²) in [6.45, 7) is 6.04. The number of carbonyl (C=O) groups is 2. The molecule has 0 bridgehead atoms. The van der Waals surface area contributed by atoms with Gasteiger partial charge in [-0.25, -0.2) is 0 Å². The second-order valence-corrected chi connectivity index (χ2v) is 8.99. The smallest absolute Gasteiger partial charge is 0.242 e. The summed E-state index contributed by atoms with van der Waals surface area (Å²) in [5.41, 5.74) is 0.849. The number of nitrogens with one attached hydrogen (secondary N) is 2. The first-order chi connectivity index (χ1) is 15.1. The maximum atomic E-state index is 13.7. The predicted octanol–water partition coefficient (Wildman–Crippen LogP) is 3.77. The van der Waals surface area contributed by atoms with E-state index in [1.807, 2.05) is 43.3 Å². The summed E-state index contributed by atoms with van der Waals surface area (Å²) in [6.07, 6.45) is 0.964. The molecule has 0 aromatic heterocycles. The highest BCUT2D eigenvalue weighted by Crippen LogP contribution is 2.37. The fraction of sp³-hybridized carbons (Fsp3) is 0.440. The van der Waals surface area contributed by atoms with E-state index in [1.54, 1.807) is 27.3 Å². The van der Waals surface area contributed by atoms with Gasteiger partial charge in [0, 0.05) is 18.4 Å². The Bertz CT molecular complexity index is 930. The highest BCUT2D eigenvalue weighted by Gasteiger charge is 2.39. The molecular formula is C25H34N2O4S. The topological polar surface area (TPSA) is 76.7 Å². The summed E-state index contributed by atoms with van der Waals surface area (Å²) in [5.74, 6) is 1.20. The van der Waals surface area contributed by atoms with Crippen LogP contribution in [0.2, 0.25) is 0 Å². The number of hydrogen-bond acceptors (Lipinski definition) is 5. The van der Waals surface area contributed by atoms with Gasteiger partial charge in [-0.15, -0.1) is 12.6 Å². The summed E-state index contributed by atoms with van der Waals surface area (Å²) < 4.78 is 10.5. The van der Waals surface area contributed by atoms with E-state index < -0.39 is 11.5 Å². The zero-order chi connectivity index (χ0) is 23.9. The lowest BCUT2D eigenvalue weighted by atomic mass is 9.75. The third-order valence-corrected chi connectivity index (χ3v) is 5.95. The van der Waals surface area contributed by atoms with Crippen LogP contribution in [0.3, 0.4) is 0 Å². The first-order valence-electron chi connectivity index (χ1n) is 10.7. The van der Waals surface area contributed by atoms with Gasteiger partial charge in [0.1, 0.15) is 17.5 Å². The lowest BCUT2D eigenvalue weighted by Gasteiger charge is -2.33. The Kier molecular flexibility index (Phi) is 9.01. The van der Waals surface area contributed by atoms with E-state index >= 15 is 0 Å². The van der Waals surface area contributed by atoms with Crippen molar-refractivity contribution in [3.05, 3.63) is 53.6 Å². The monoisotopic (exact) mass is 458 g/mol. The van der Waals surface area contributed by atoms with E-state index in [0.717, 1.165) is 16.9 Å². The number of carbonyl (C=O) groups excluding carboxylic acids is 2.